The van der Waals surface area contributed by atoms with E-state index in [9.17, 15) is 9.59 Å². The molecule has 0 saturated heterocycles. The van der Waals surface area contributed by atoms with Crippen molar-refractivity contribution in [2.24, 2.45) is 0 Å². The second-order valence-electron chi connectivity index (χ2n) is 3.49. The number of carbonyl (C=O) groups is 2. The summed E-state index contributed by atoms with van der Waals surface area (Å²) in [6.45, 7) is 1.39. The van der Waals surface area contributed by atoms with Crippen LogP contribution in [-0.2, 0) is 4.79 Å². The van der Waals surface area contributed by atoms with Crippen LogP contribution in [0.25, 0.3) is 11.4 Å². The molecule has 2 rings (SSSR count). The number of amides is 1. The second-order valence-corrected chi connectivity index (χ2v) is 4.24. The summed E-state index contributed by atoms with van der Waals surface area (Å²) in [6.07, 6.45) is 0. The normalized spacial score (nSPS) is 10.1. The average Bonchev–Trinajstić information content (AvgIpc) is 2.76. The van der Waals surface area contributed by atoms with Crippen molar-refractivity contribution >= 4 is 28.5 Å². The molecule has 18 heavy (non-hydrogen) atoms. The zero-order valence-electron chi connectivity index (χ0n) is 9.38. The lowest BCUT2D eigenvalue weighted by atomic mass is 10.1. The van der Waals surface area contributed by atoms with Crippen molar-refractivity contribution in [1.29, 1.82) is 0 Å². The number of anilines is 1. The van der Waals surface area contributed by atoms with Crippen LogP contribution < -0.4 is 5.32 Å². The van der Waals surface area contributed by atoms with Crippen molar-refractivity contribution in [2.45, 2.75) is 6.92 Å². The number of carbonyl (C=O) groups excluding carboxylic acids is 1. The summed E-state index contributed by atoms with van der Waals surface area (Å²) in [7, 11) is 0. The molecule has 1 amide bonds. The Balaban J connectivity index is 2.23. The number of aromatic carboxylic acids is 1. The van der Waals surface area contributed by atoms with Crippen LogP contribution in [0.2, 0.25) is 0 Å². The quantitative estimate of drug-likeness (QED) is 0.881. The molecule has 92 valence electrons. The molecule has 0 radical (unpaired) electrons. The Morgan fingerprint density at radius 1 is 1.28 bits per heavy atom. The molecule has 0 unspecified atom stereocenters. The largest absolute Gasteiger partial charge is 0.478 e. The molecule has 0 spiro atoms. The predicted octanol–water partition coefficient (Wildman–Crippen LogP) is 1.86. The summed E-state index contributed by atoms with van der Waals surface area (Å²) in [5.74, 6) is -0.730. The SMILES string of the molecule is CC(=O)Nc1nc(-c2ccc(C(=O)O)cc2)ns1. The highest BCUT2D eigenvalue weighted by Crippen LogP contribution is 2.21. The van der Waals surface area contributed by atoms with Crippen molar-refractivity contribution in [3.05, 3.63) is 29.8 Å². The lowest BCUT2D eigenvalue weighted by Crippen LogP contribution is -2.04. The first-order chi connectivity index (χ1) is 8.56. The smallest absolute Gasteiger partial charge is 0.335 e. The van der Waals surface area contributed by atoms with Gasteiger partial charge in [-0.2, -0.15) is 9.36 Å². The Morgan fingerprint density at radius 2 is 1.94 bits per heavy atom. The first-order valence-electron chi connectivity index (χ1n) is 5.01. The molecule has 2 N–H and O–H groups in total. The number of hydrogen-bond acceptors (Lipinski definition) is 5. The topological polar surface area (TPSA) is 92.2 Å². The van der Waals surface area contributed by atoms with Crippen LogP contribution in [0.1, 0.15) is 17.3 Å². The molecule has 0 bridgehead atoms. The molecule has 6 nitrogen and oxygen atoms in total. The van der Waals surface area contributed by atoms with Gasteiger partial charge in [-0.1, -0.05) is 12.1 Å². The summed E-state index contributed by atoms with van der Waals surface area (Å²) in [4.78, 5) is 25.7. The zero-order chi connectivity index (χ0) is 13.1. The maximum absolute atomic E-state index is 10.8. The molecule has 0 aliphatic rings. The minimum atomic E-state index is -0.980. The third-order valence-electron chi connectivity index (χ3n) is 2.10. The van der Waals surface area contributed by atoms with E-state index in [0.717, 1.165) is 11.5 Å². The summed E-state index contributed by atoms with van der Waals surface area (Å²) >= 11 is 1.07. The van der Waals surface area contributed by atoms with E-state index in [1.807, 2.05) is 0 Å². The molecular formula is C11H9N3O3S. The van der Waals surface area contributed by atoms with E-state index in [-0.39, 0.29) is 11.5 Å². The van der Waals surface area contributed by atoms with Crippen molar-refractivity contribution in [1.82, 2.24) is 9.36 Å². The van der Waals surface area contributed by atoms with E-state index >= 15 is 0 Å². The van der Waals surface area contributed by atoms with Crippen molar-refractivity contribution in [2.75, 3.05) is 5.32 Å². The first-order valence-corrected chi connectivity index (χ1v) is 5.78. The third-order valence-corrected chi connectivity index (χ3v) is 2.73. The second kappa shape index (κ2) is 4.92. The van der Waals surface area contributed by atoms with Gasteiger partial charge in [0, 0.05) is 24.0 Å². The maximum atomic E-state index is 10.8. The maximum Gasteiger partial charge on any atom is 0.335 e. The minimum absolute atomic E-state index is 0.205. The number of nitrogens with zero attached hydrogens (tertiary/aromatic N) is 2. The molecule has 0 fully saturated rings. The van der Waals surface area contributed by atoms with Gasteiger partial charge in [0.1, 0.15) is 0 Å². The van der Waals surface area contributed by atoms with Gasteiger partial charge in [0.15, 0.2) is 5.82 Å². The highest BCUT2D eigenvalue weighted by molar-refractivity contribution is 7.10. The molecule has 7 heteroatoms. The molecule has 0 aliphatic heterocycles. The Hall–Kier alpha value is -2.28. The van der Waals surface area contributed by atoms with Gasteiger partial charge in [-0.05, 0) is 12.1 Å². The van der Waals surface area contributed by atoms with Crippen molar-refractivity contribution in [3.8, 4) is 11.4 Å². The van der Waals surface area contributed by atoms with Crippen LogP contribution in [0.3, 0.4) is 0 Å². The van der Waals surface area contributed by atoms with E-state index in [4.69, 9.17) is 5.11 Å². The molecule has 0 saturated carbocycles. The number of benzene rings is 1. The van der Waals surface area contributed by atoms with Crippen LogP contribution in [0.5, 0.6) is 0 Å². The van der Waals surface area contributed by atoms with Gasteiger partial charge in [0.2, 0.25) is 11.0 Å². The van der Waals surface area contributed by atoms with Crippen LogP contribution in [0, 0.1) is 0 Å². The first kappa shape index (κ1) is 12.2. The van der Waals surface area contributed by atoms with Crippen molar-refractivity contribution in [3.63, 3.8) is 0 Å². The van der Waals surface area contributed by atoms with Gasteiger partial charge in [-0.3, -0.25) is 4.79 Å². The van der Waals surface area contributed by atoms with Gasteiger partial charge < -0.3 is 10.4 Å². The average molecular weight is 263 g/mol. The van der Waals surface area contributed by atoms with Crippen LogP contribution in [0.4, 0.5) is 5.13 Å². The third kappa shape index (κ3) is 2.69. The van der Waals surface area contributed by atoms with E-state index in [1.54, 1.807) is 12.1 Å². The molecule has 1 aromatic heterocycles. The number of carboxylic acid groups (broad SMARTS) is 1. The Labute approximate surface area is 106 Å². The highest BCUT2D eigenvalue weighted by Gasteiger charge is 2.08. The van der Waals surface area contributed by atoms with Crippen LogP contribution in [0.15, 0.2) is 24.3 Å². The predicted molar refractivity (Wildman–Crippen MR) is 66.6 cm³/mol. The molecule has 1 heterocycles. The summed E-state index contributed by atoms with van der Waals surface area (Å²) in [5.41, 5.74) is 0.906. The van der Waals surface area contributed by atoms with Crippen LogP contribution >= 0.6 is 11.5 Å². The van der Waals surface area contributed by atoms with E-state index in [0.29, 0.717) is 16.5 Å². The van der Waals surface area contributed by atoms with Gasteiger partial charge in [-0.25, -0.2) is 4.79 Å². The number of nitrogens with one attached hydrogen (secondary N) is 1. The number of aromatic nitrogens is 2. The lowest BCUT2D eigenvalue weighted by Gasteiger charge is -1.97. The fraction of sp³-hybridized carbons (Fsp3) is 0.0909. The van der Waals surface area contributed by atoms with Gasteiger partial charge >= 0.3 is 5.97 Å². The Kier molecular flexibility index (Phi) is 3.33. The lowest BCUT2D eigenvalue weighted by molar-refractivity contribution is -0.114. The standard InChI is InChI=1S/C11H9N3O3S/c1-6(15)12-11-13-9(14-18-11)7-2-4-8(5-3-7)10(16)17/h2-5H,1H3,(H,16,17)(H,12,13,14,15). The minimum Gasteiger partial charge on any atom is -0.478 e. The molecule has 0 atom stereocenters. The summed E-state index contributed by atoms with van der Waals surface area (Å²) in [5, 5.41) is 11.7. The van der Waals surface area contributed by atoms with Crippen LogP contribution in [-0.4, -0.2) is 26.3 Å². The fourth-order valence-electron chi connectivity index (χ4n) is 1.30. The van der Waals surface area contributed by atoms with E-state index in [2.05, 4.69) is 14.7 Å². The van der Waals surface area contributed by atoms with Crippen molar-refractivity contribution < 1.29 is 14.7 Å². The molecular weight excluding hydrogens is 254 g/mol. The zero-order valence-corrected chi connectivity index (χ0v) is 10.2. The summed E-state index contributed by atoms with van der Waals surface area (Å²) in [6, 6.07) is 6.22. The summed E-state index contributed by atoms with van der Waals surface area (Å²) < 4.78 is 4.08. The van der Waals surface area contributed by atoms with E-state index in [1.165, 1.54) is 19.1 Å². The highest BCUT2D eigenvalue weighted by atomic mass is 32.1. The van der Waals surface area contributed by atoms with Gasteiger partial charge in [0.05, 0.1) is 5.56 Å². The van der Waals surface area contributed by atoms with E-state index < -0.39 is 5.97 Å². The molecule has 1 aromatic carbocycles. The number of carboxylic acids is 1. The Morgan fingerprint density at radius 3 is 2.50 bits per heavy atom. The number of rotatable bonds is 3. The van der Waals surface area contributed by atoms with Gasteiger partial charge in [-0.15, -0.1) is 0 Å². The van der Waals surface area contributed by atoms with Gasteiger partial charge in [0.25, 0.3) is 0 Å². The molecule has 0 aliphatic carbocycles. The Bertz CT molecular complexity index is 592. The monoisotopic (exact) mass is 263 g/mol. The molecule has 2 aromatic rings. The number of hydrogen-bond donors (Lipinski definition) is 2. The fourth-order valence-corrected chi connectivity index (χ4v) is 1.94.